The zero-order chi connectivity index (χ0) is 14.5. The van der Waals surface area contributed by atoms with Crippen molar-refractivity contribution in [1.29, 1.82) is 0 Å². The van der Waals surface area contributed by atoms with Crippen molar-refractivity contribution in [2.24, 2.45) is 0 Å². The van der Waals surface area contributed by atoms with Crippen LogP contribution >= 0.6 is 0 Å². The highest BCUT2D eigenvalue weighted by Crippen LogP contribution is 2.37. The van der Waals surface area contributed by atoms with E-state index in [1.807, 2.05) is 13.1 Å². The third-order valence-electron chi connectivity index (χ3n) is 3.98. The molecular weight excluding hydrogens is 254 g/mol. The Balaban J connectivity index is 2.29. The van der Waals surface area contributed by atoms with Gasteiger partial charge in [0.25, 0.3) is 0 Å². The molecule has 0 fully saturated rings. The number of nitrogens with zero attached hydrogens (tertiary/aromatic N) is 1. The van der Waals surface area contributed by atoms with Gasteiger partial charge < -0.3 is 14.6 Å². The fourth-order valence-electron chi connectivity index (χ4n) is 2.67. The van der Waals surface area contributed by atoms with E-state index in [2.05, 4.69) is 17.9 Å². The van der Waals surface area contributed by atoms with Crippen molar-refractivity contribution < 1.29 is 14.6 Å². The van der Waals surface area contributed by atoms with Crippen LogP contribution in [0.3, 0.4) is 0 Å². The Kier molecular flexibility index (Phi) is 5.26. The third-order valence-corrected chi connectivity index (χ3v) is 3.98. The molecule has 112 valence electrons. The molecule has 0 saturated carbocycles. The van der Waals surface area contributed by atoms with E-state index < -0.39 is 0 Å². The average Bonchev–Trinajstić information content (AvgIpc) is 2.47. The number of aliphatic hydroxyl groups is 1. The lowest BCUT2D eigenvalue weighted by atomic mass is 9.92. The molecule has 1 N–H and O–H groups in total. The number of unbranched alkanes of at least 4 members (excludes halogenated alkanes) is 1. The maximum absolute atomic E-state index is 9.60. The summed E-state index contributed by atoms with van der Waals surface area (Å²) < 4.78 is 11.3. The van der Waals surface area contributed by atoms with Gasteiger partial charge in [0.15, 0.2) is 11.5 Å². The average molecular weight is 279 g/mol. The third kappa shape index (κ3) is 3.07. The Bertz CT molecular complexity index is 448. The van der Waals surface area contributed by atoms with E-state index in [9.17, 15) is 5.11 Å². The highest BCUT2D eigenvalue weighted by Gasteiger charge is 2.26. The van der Waals surface area contributed by atoms with Gasteiger partial charge in [-0.05, 0) is 43.1 Å². The summed E-state index contributed by atoms with van der Waals surface area (Å²) in [6.07, 6.45) is 3.14. The molecule has 20 heavy (non-hydrogen) atoms. The first-order chi connectivity index (χ1) is 9.71. The molecule has 0 amide bonds. The number of rotatable bonds is 6. The summed E-state index contributed by atoms with van der Waals surface area (Å²) in [6.45, 7) is 3.95. The number of ether oxygens (including phenoxy) is 2. The van der Waals surface area contributed by atoms with E-state index in [1.54, 1.807) is 7.11 Å². The number of fused-ring (bicyclic) bond motifs is 1. The van der Waals surface area contributed by atoms with Gasteiger partial charge >= 0.3 is 0 Å². The van der Waals surface area contributed by atoms with Crippen molar-refractivity contribution in [3.8, 4) is 11.5 Å². The predicted molar refractivity (Wildman–Crippen MR) is 79.6 cm³/mol. The molecule has 4 nitrogen and oxygen atoms in total. The summed E-state index contributed by atoms with van der Waals surface area (Å²) in [5.41, 5.74) is 2.41. The maximum atomic E-state index is 9.60. The number of methoxy groups -OCH3 is 1. The molecule has 1 unspecified atom stereocenters. The lowest BCUT2D eigenvalue weighted by Gasteiger charge is -2.34. The second kappa shape index (κ2) is 6.95. The minimum atomic E-state index is 0.0531. The van der Waals surface area contributed by atoms with Crippen LogP contribution in [0.25, 0.3) is 0 Å². The summed E-state index contributed by atoms with van der Waals surface area (Å²) in [5, 5.41) is 9.60. The Labute approximate surface area is 121 Å². The monoisotopic (exact) mass is 279 g/mol. The summed E-state index contributed by atoms with van der Waals surface area (Å²) >= 11 is 0. The molecule has 0 bridgehead atoms. The fraction of sp³-hybridized carbons (Fsp3) is 0.625. The largest absolute Gasteiger partial charge is 0.493 e. The van der Waals surface area contributed by atoms with Gasteiger partial charge in [0.2, 0.25) is 0 Å². The number of benzene rings is 1. The van der Waals surface area contributed by atoms with Crippen molar-refractivity contribution >= 4 is 0 Å². The van der Waals surface area contributed by atoms with E-state index in [1.165, 1.54) is 5.56 Å². The first-order valence-electron chi connectivity index (χ1n) is 7.36. The molecule has 0 aliphatic carbocycles. The van der Waals surface area contributed by atoms with Crippen LogP contribution in [0.4, 0.5) is 0 Å². The molecule has 0 saturated heterocycles. The molecule has 2 rings (SSSR count). The number of aliphatic hydroxyl groups excluding tert-OH is 1. The molecule has 1 atom stereocenters. The second-order valence-corrected chi connectivity index (χ2v) is 5.33. The normalized spacial score (nSPS) is 18.7. The highest BCUT2D eigenvalue weighted by molar-refractivity contribution is 5.49. The predicted octanol–water partition coefficient (Wildman–Crippen LogP) is 2.40. The van der Waals surface area contributed by atoms with Crippen LogP contribution in [0.1, 0.15) is 36.9 Å². The van der Waals surface area contributed by atoms with Crippen LogP contribution in [0, 0.1) is 0 Å². The van der Waals surface area contributed by atoms with Gasteiger partial charge in [0.05, 0.1) is 26.4 Å². The molecule has 0 radical (unpaired) electrons. The summed E-state index contributed by atoms with van der Waals surface area (Å²) in [7, 11) is 3.71. The minimum Gasteiger partial charge on any atom is -0.493 e. The first kappa shape index (κ1) is 15.1. The molecular formula is C16H25NO3. The topological polar surface area (TPSA) is 41.9 Å². The van der Waals surface area contributed by atoms with Gasteiger partial charge in [-0.15, -0.1) is 0 Å². The smallest absolute Gasteiger partial charge is 0.161 e. The molecule has 1 aliphatic rings. The van der Waals surface area contributed by atoms with Crippen molar-refractivity contribution in [1.82, 2.24) is 4.90 Å². The van der Waals surface area contributed by atoms with Gasteiger partial charge in [-0.2, -0.15) is 0 Å². The lowest BCUT2D eigenvalue weighted by molar-refractivity contribution is 0.139. The van der Waals surface area contributed by atoms with Crippen LogP contribution < -0.4 is 9.47 Å². The van der Waals surface area contributed by atoms with Crippen molar-refractivity contribution in [3.63, 3.8) is 0 Å². The number of hydrogen-bond acceptors (Lipinski definition) is 4. The number of hydrogen-bond donors (Lipinski definition) is 1. The Hall–Kier alpha value is -1.26. The Morgan fingerprint density at radius 3 is 2.80 bits per heavy atom. The van der Waals surface area contributed by atoms with Crippen molar-refractivity contribution in [3.05, 3.63) is 23.3 Å². The van der Waals surface area contributed by atoms with Crippen LogP contribution in [0.2, 0.25) is 0 Å². The summed E-state index contributed by atoms with van der Waals surface area (Å²) in [6, 6.07) is 4.16. The van der Waals surface area contributed by atoms with Gasteiger partial charge in [-0.1, -0.05) is 13.3 Å². The quantitative estimate of drug-likeness (QED) is 0.812. The highest BCUT2D eigenvalue weighted by atomic mass is 16.5. The van der Waals surface area contributed by atoms with Gasteiger partial charge in [-0.25, -0.2) is 0 Å². The standard InChI is InChI=1S/C16H25NO3/c1-4-5-8-20-16-9-12-6-7-17(2)14(11-18)13(12)10-15(16)19-3/h9-10,14,18H,4-8,11H2,1-3H3. The molecule has 1 heterocycles. The molecule has 1 aliphatic heterocycles. The Morgan fingerprint density at radius 2 is 2.15 bits per heavy atom. The minimum absolute atomic E-state index is 0.0531. The van der Waals surface area contributed by atoms with Crippen LogP contribution in [-0.2, 0) is 6.42 Å². The SMILES string of the molecule is CCCCOc1cc2c(cc1OC)C(CO)N(C)CC2. The van der Waals surface area contributed by atoms with Crippen LogP contribution in [-0.4, -0.2) is 43.9 Å². The van der Waals surface area contributed by atoms with Gasteiger partial charge in [0, 0.05) is 6.54 Å². The molecule has 1 aromatic rings. The van der Waals surface area contributed by atoms with E-state index in [-0.39, 0.29) is 12.6 Å². The molecule has 0 aromatic heterocycles. The molecule has 1 aromatic carbocycles. The number of likely N-dealkylation sites (N-methyl/N-ethyl adjacent to an activating group) is 1. The van der Waals surface area contributed by atoms with Crippen molar-refractivity contribution in [2.75, 3.05) is 33.9 Å². The fourth-order valence-corrected chi connectivity index (χ4v) is 2.67. The summed E-state index contributed by atoms with van der Waals surface area (Å²) in [5.74, 6) is 1.58. The molecule has 0 spiro atoms. The molecule has 4 heteroatoms. The first-order valence-corrected chi connectivity index (χ1v) is 7.36. The maximum Gasteiger partial charge on any atom is 0.161 e. The summed E-state index contributed by atoms with van der Waals surface area (Å²) in [4.78, 5) is 2.18. The zero-order valence-electron chi connectivity index (χ0n) is 12.7. The van der Waals surface area contributed by atoms with Crippen LogP contribution in [0.5, 0.6) is 11.5 Å². The van der Waals surface area contributed by atoms with E-state index >= 15 is 0 Å². The second-order valence-electron chi connectivity index (χ2n) is 5.33. The van der Waals surface area contributed by atoms with E-state index in [0.717, 1.165) is 49.5 Å². The van der Waals surface area contributed by atoms with Gasteiger partial charge in [-0.3, -0.25) is 4.90 Å². The van der Waals surface area contributed by atoms with Gasteiger partial charge in [0.1, 0.15) is 0 Å². The van der Waals surface area contributed by atoms with E-state index in [0.29, 0.717) is 0 Å². The van der Waals surface area contributed by atoms with Crippen LogP contribution in [0.15, 0.2) is 12.1 Å². The van der Waals surface area contributed by atoms with Crippen molar-refractivity contribution in [2.45, 2.75) is 32.2 Å². The lowest BCUT2D eigenvalue weighted by Crippen LogP contribution is -2.34. The van der Waals surface area contributed by atoms with E-state index in [4.69, 9.17) is 9.47 Å². The zero-order valence-corrected chi connectivity index (χ0v) is 12.7. The Morgan fingerprint density at radius 1 is 1.35 bits per heavy atom.